The van der Waals surface area contributed by atoms with Gasteiger partial charge in [0.1, 0.15) is 5.75 Å². The van der Waals surface area contributed by atoms with E-state index in [-0.39, 0.29) is 0 Å². The number of hydrogen-bond donors (Lipinski definition) is 1. The second-order valence-electron chi connectivity index (χ2n) is 5.45. The Bertz CT molecular complexity index is 633. The minimum Gasteiger partial charge on any atom is -0.507 e. The Morgan fingerprint density at radius 2 is 1.55 bits per heavy atom. The molecule has 0 saturated heterocycles. The summed E-state index contributed by atoms with van der Waals surface area (Å²) in [6.45, 7) is 10.1. The molecule has 0 unspecified atom stereocenters. The number of aromatic hydroxyl groups is 1. The van der Waals surface area contributed by atoms with Gasteiger partial charge in [-0.3, -0.25) is 4.99 Å². The summed E-state index contributed by atoms with van der Waals surface area (Å²) in [5.74, 6) is 0.362. The predicted octanol–water partition coefficient (Wildman–Crippen LogP) is 4.61. The molecule has 0 aliphatic heterocycles. The topological polar surface area (TPSA) is 35.8 Å². The Morgan fingerprint density at radius 1 is 1.00 bits per heavy atom. The second-order valence-corrected chi connectivity index (χ2v) is 5.45. The number of benzene rings is 2. The van der Waals surface area contributed by atoms with E-state index in [1.165, 1.54) is 5.69 Å². The molecule has 0 fully saturated rings. The number of anilines is 1. The van der Waals surface area contributed by atoms with Gasteiger partial charge >= 0.3 is 0 Å². The summed E-state index contributed by atoms with van der Waals surface area (Å²) >= 11 is 0. The van der Waals surface area contributed by atoms with E-state index in [4.69, 9.17) is 0 Å². The number of phenolic OH excluding ortho intramolecular Hbond substituents is 1. The fourth-order valence-corrected chi connectivity index (χ4v) is 2.55. The average Bonchev–Trinajstić information content (AvgIpc) is 2.53. The van der Waals surface area contributed by atoms with Crippen molar-refractivity contribution in [1.82, 2.24) is 0 Å². The van der Waals surface area contributed by atoms with Crippen molar-refractivity contribution >= 4 is 17.6 Å². The van der Waals surface area contributed by atoms with E-state index in [0.717, 1.165) is 35.5 Å². The van der Waals surface area contributed by atoms with E-state index < -0.39 is 0 Å². The largest absolute Gasteiger partial charge is 0.507 e. The number of aliphatic imine (C=N–C) groups is 1. The van der Waals surface area contributed by atoms with Gasteiger partial charge in [-0.15, -0.1) is 0 Å². The van der Waals surface area contributed by atoms with Gasteiger partial charge in [-0.25, -0.2) is 0 Å². The fourth-order valence-electron chi connectivity index (χ4n) is 2.55. The number of nitrogens with zero attached hydrogens (tertiary/aromatic N) is 2. The quantitative estimate of drug-likeness (QED) is 0.818. The molecule has 1 N–H and O–H groups in total. The molecule has 0 radical (unpaired) electrons. The normalized spacial score (nSPS) is 11.1. The Labute approximate surface area is 132 Å². The maximum Gasteiger partial charge on any atom is 0.121 e. The van der Waals surface area contributed by atoms with Crippen molar-refractivity contribution < 1.29 is 5.11 Å². The molecular formula is C19H24N2O. The molecular weight excluding hydrogens is 272 g/mol. The van der Waals surface area contributed by atoms with Gasteiger partial charge in [0.25, 0.3) is 0 Å². The molecule has 3 nitrogen and oxygen atoms in total. The Morgan fingerprint density at radius 3 is 2.05 bits per heavy atom. The SMILES string of the molecule is CCN(CC)c1ccc(N=Cc2cc(C)c(O)c(C)c2)cc1. The second kappa shape index (κ2) is 7.12. The van der Waals surface area contributed by atoms with Gasteiger partial charge in [-0.1, -0.05) is 0 Å². The molecule has 2 aromatic rings. The minimum atomic E-state index is 0.362. The number of phenols is 1. The van der Waals surface area contributed by atoms with Gasteiger partial charge in [0.05, 0.1) is 5.69 Å². The van der Waals surface area contributed by atoms with Crippen LogP contribution in [0.3, 0.4) is 0 Å². The Balaban J connectivity index is 2.17. The van der Waals surface area contributed by atoms with E-state index in [1.54, 1.807) is 0 Å². The maximum absolute atomic E-state index is 9.80. The molecule has 0 aliphatic rings. The van der Waals surface area contributed by atoms with Crippen molar-refractivity contribution in [3.05, 3.63) is 53.1 Å². The first kappa shape index (κ1) is 16.1. The molecule has 3 heteroatoms. The highest BCUT2D eigenvalue weighted by molar-refractivity contribution is 5.83. The lowest BCUT2D eigenvalue weighted by atomic mass is 10.1. The first-order chi connectivity index (χ1) is 10.5. The molecule has 0 saturated carbocycles. The standard InChI is InChI=1S/C19H24N2O/c1-5-21(6-2)18-9-7-17(8-10-18)20-13-16-11-14(3)19(22)15(4)12-16/h7-13,22H,5-6H2,1-4H3. The van der Waals surface area contributed by atoms with Crippen LogP contribution in [-0.2, 0) is 0 Å². The number of rotatable bonds is 5. The minimum absolute atomic E-state index is 0.362. The summed E-state index contributed by atoms with van der Waals surface area (Å²) < 4.78 is 0. The molecule has 0 aromatic heterocycles. The summed E-state index contributed by atoms with van der Waals surface area (Å²) in [6, 6.07) is 12.2. The van der Waals surface area contributed by atoms with Crippen LogP contribution in [0.2, 0.25) is 0 Å². The summed E-state index contributed by atoms with van der Waals surface area (Å²) in [5.41, 5.74) is 4.90. The third-order valence-electron chi connectivity index (χ3n) is 3.85. The highest BCUT2D eigenvalue weighted by Crippen LogP contribution is 2.23. The van der Waals surface area contributed by atoms with E-state index in [9.17, 15) is 5.11 Å². The third kappa shape index (κ3) is 3.67. The predicted molar refractivity (Wildman–Crippen MR) is 94.8 cm³/mol. The van der Waals surface area contributed by atoms with Crippen LogP contribution in [0.1, 0.15) is 30.5 Å². The third-order valence-corrected chi connectivity index (χ3v) is 3.85. The van der Waals surface area contributed by atoms with Gasteiger partial charge in [0, 0.05) is 25.0 Å². The molecule has 22 heavy (non-hydrogen) atoms. The number of hydrogen-bond acceptors (Lipinski definition) is 3. The van der Waals surface area contributed by atoms with Crippen LogP contribution in [0, 0.1) is 13.8 Å². The van der Waals surface area contributed by atoms with Gasteiger partial charge < -0.3 is 10.0 Å². The van der Waals surface area contributed by atoms with Crippen molar-refractivity contribution in [2.24, 2.45) is 4.99 Å². The van der Waals surface area contributed by atoms with Gasteiger partial charge in [0.15, 0.2) is 0 Å². The van der Waals surface area contributed by atoms with E-state index >= 15 is 0 Å². The summed E-state index contributed by atoms with van der Waals surface area (Å²) in [4.78, 5) is 6.82. The highest BCUT2D eigenvalue weighted by Gasteiger charge is 2.02. The van der Waals surface area contributed by atoms with Crippen molar-refractivity contribution in [3.8, 4) is 5.75 Å². The summed E-state index contributed by atoms with van der Waals surface area (Å²) in [6.07, 6.45) is 1.84. The first-order valence-corrected chi connectivity index (χ1v) is 7.74. The lowest BCUT2D eigenvalue weighted by Gasteiger charge is -2.20. The molecule has 0 bridgehead atoms. The first-order valence-electron chi connectivity index (χ1n) is 7.74. The zero-order valence-corrected chi connectivity index (χ0v) is 13.8. The van der Waals surface area contributed by atoms with Crippen LogP contribution in [0.4, 0.5) is 11.4 Å². The van der Waals surface area contributed by atoms with Crippen LogP contribution in [0.25, 0.3) is 0 Å². The van der Waals surface area contributed by atoms with Gasteiger partial charge in [0.2, 0.25) is 0 Å². The lowest BCUT2D eigenvalue weighted by molar-refractivity contribution is 0.467. The molecule has 0 spiro atoms. The molecule has 0 heterocycles. The smallest absolute Gasteiger partial charge is 0.121 e. The van der Waals surface area contributed by atoms with E-state index in [0.29, 0.717) is 5.75 Å². The number of aryl methyl sites for hydroxylation is 2. The van der Waals surface area contributed by atoms with Gasteiger partial charge in [-0.2, -0.15) is 0 Å². The van der Waals surface area contributed by atoms with Crippen LogP contribution in [0.5, 0.6) is 5.75 Å². The molecule has 0 amide bonds. The monoisotopic (exact) mass is 296 g/mol. The van der Waals surface area contributed by atoms with Crippen LogP contribution < -0.4 is 4.90 Å². The van der Waals surface area contributed by atoms with Crippen LogP contribution in [-0.4, -0.2) is 24.4 Å². The fraction of sp³-hybridized carbons (Fsp3) is 0.316. The molecule has 2 rings (SSSR count). The van der Waals surface area contributed by atoms with Crippen molar-refractivity contribution in [1.29, 1.82) is 0 Å². The van der Waals surface area contributed by atoms with E-state index in [2.05, 4.69) is 35.9 Å². The highest BCUT2D eigenvalue weighted by atomic mass is 16.3. The lowest BCUT2D eigenvalue weighted by Crippen LogP contribution is -2.21. The van der Waals surface area contributed by atoms with E-state index in [1.807, 2.05) is 44.3 Å². The van der Waals surface area contributed by atoms with Crippen molar-refractivity contribution in [2.45, 2.75) is 27.7 Å². The molecule has 0 atom stereocenters. The average molecular weight is 296 g/mol. The summed E-state index contributed by atoms with van der Waals surface area (Å²) in [5, 5.41) is 9.80. The zero-order valence-electron chi connectivity index (χ0n) is 13.8. The Kier molecular flexibility index (Phi) is 5.21. The maximum atomic E-state index is 9.80. The molecule has 2 aromatic carbocycles. The zero-order chi connectivity index (χ0) is 16.1. The Hall–Kier alpha value is -2.29. The van der Waals surface area contributed by atoms with Crippen molar-refractivity contribution in [3.63, 3.8) is 0 Å². The molecule has 116 valence electrons. The van der Waals surface area contributed by atoms with Crippen molar-refractivity contribution in [2.75, 3.05) is 18.0 Å². The van der Waals surface area contributed by atoms with Gasteiger partial charge in [-0.05, 0) is 80.8 Å². The van der Waals surface area contributed by atoms with Crippen LogP contribution in [0.15, 0.2) is 41.4 Å². The molecule has 0 aliphatic carbocycles. The summed E-state index contributed by atoms with van der Waals surface area (Å²) in [7, 11) is 0. The van der Waals surface area contributed by atoms with Crippen LogP contribution >= 0.6 is 0 Å².